The second kappa shape index (κ2) is 4.79. The molecule has 0 aliphatic heterocycles. The van der Waals surface area contributed by atoms with Gasteiger partial charge in [0, 0.05) is 24.4 Å². The highest BCUT2D eigenvalue weighted by Crippen LogP contribution is 2.33. The number of Topliss-reactive ketones (excluding diaryl/α,β-unsaturated/α-hetero) is 1. The van der Waals surface area contributed by atoms with Crippen molar-refractivity contribution in [3.05, 3.63) is 35.4 Å². The van der Waals surface area contributed by atoms with Gasteiger partial charge in [0.25, 0.3) is 0 Å². The van der Waals surface area contributed by atoms with Gasteiger partial charge in [0.15, 0.2) is 5.78 Å². The van der Waals surface area contributed by atoms with Crippen molar-refractivity contribution in [3.8, 4) is 0 Å². The molecule has 16 heavy (non-hydrogen) atoms. The van der Waals surface area contributed by atoms with E-state index in [2.05, 4.69) is 24.8 Å². The zero-order chi connectivity index (χ0) is 11.5. The number of likely N-dealkylation sites (N-methyl/N-ethyl adjacent to an activating group) is 1. The van der Waals surface area contributed by atoms with Crippen LogP contribution in [0.4, 0.5) is 0 Å². The van der Waals surface area contributed by atoms with Crippen LogP contribution in [0.15, 0.2) is 24.3 Å². The Labute approximate surface area is 97.3 Å². The van der Waals surface area contributed by atoms with Crippen molar-refractivity contribution in [2.75, 3.05) is 19.6 Å². The highest BCUT2D eigenvalue weighted by molar-refractivity contribution is 6.01. The summed E-state index contributed by atoms with van der Waals surface area (Å²) in [5.41, 5.74) is 2.19. The first kappa shape index (κ1) is 11.3. The first-order valence-electron chi connectivity index (χ1n) is 6.10. The summed E-state index contributed by atoms with van der Waals surface area (Å²) in [6.07, 6.45) is 0.690. The molecule has 1 aromatic rings. The third-order valence-corrected chi connectivity index (χ3v) is 3.51. The zero-order valence-electron chi connectivity index (χ0n) is 10.1. The van der Waals surface area contributed by atoms with E-state index in [1.54, 1.807) is 0 Å². The number of fused-ring (bicyclic) bond motifs is 1. The molecule has 1 aliphatic rings. The summed E-state index contributed by atoms with van der Waals surface area (Å²) in [7, 11) is 0. The van der Waals surface area contributed by atoms with Gasteiger partial charge in [-0.05, 0) is 18.7 Å². The summed E-state index contributed by atoms with van der Waals surface area (Å²) in [6.45, 7) is 7.47. The Hall–Kier alpha value is -1.15. The second-order valence-electron chi connectivity index (χ2n) is 4.40. The first-order valence-corrected chi connectivity index (χ1v) is 6.10. The predicted octanol–water partition coefficient (Wildman–Crippen LogP) is 2.70. The van der Waals surface area contributed by atoms with Gasteiger partial charge in [0.2, 0.25) is 0 Å². The van der Waals surface area contributed by atoms with Gasteiger partial charge in [0.1, 0.15) is 0 Å². The molecule has 0 amide bonds. The summed E-state index contributed by atoms with van der Waals surface area (Å²) >= 11 is 0. The Morgan fingerprint density at radius 3 is 2.62 bits per heavy atom. The van der Waals surface area contributed by atoms with Crippen LogP contribution < -0.4 is 0 Å². The Bertz CT molecular complexity index is 382. The number of rotatable bonds is 4. The van der Waals surface area contributed by atoms with Crippen molar-refractivity contribution in [2.45, 2.75) is 26.2 Å². The van der Waals surface area contributed by atoms with E-state index in [1.807, 2.05) is 18.2 Å². The molecule has 0 saturated carbocycles. The fourth-order valence-electron chi connectivity index (χ4n) is 2.51. The van der Waals surface area contributed by atoms with Crippen molar-refractivity contribution in [1.82, 2.24) is 4.90 Å². The van der Waals surface area contributed by atoms with E-state index in [0.717, 1.165) is 25.2 Å². The van der Waals surface area contributed by atoms with E-state index >= 15 is 0 Å². The van der Waals surface area contributed by atoms with Crippen molar-refractivity contribution >= 4 is 5.78 Å². The number of nitrogens with zero attached hydrogens (tertiary/aromatic N) is 1. The third-order valence-electron chi connectivity index (χ3n) is 3.51. The van der Waals surface area contributed by atoms with E-state index in [4.69, 9.17) is 0 Å². The topological polar surface area (TPSA) is 20.3 Å². The molecule has 2 rings (SSSR count). The summed E-state index contributed by atoms with van der Waals surface area (Å²) in [5, 5.41) is 0. The maximum absolute atomic E-state index is 11.8. The Kier molecular flexibility index (Phi) is 3.39. The molecule has 0 N–H and O–H groups in total. The van der Waals surface area contributed by atoms with Crippen LogP contribution in [0.1, 0.15) is 42.1 Å². The minimum atomic E-state index is 0.313. The minimum Gasteiger partial charge on any atom is -0.303 e. The maximum Gasteiger partial charge on any atom is 0.163 e. The lowest BCUT2D eigenvalue weighted by Crippen LogP contribution is -2.27. The number of benzene rings is 1. The average molecular weight is 217 g/mol. The van der Waals surface area contributed by atoms with Crippen LogP contribution in [0, 0.1) is 0 Å². The zero-order valence-corrected chi connectivity index (χ0v) is 10.1. The van der Waals surface area contributed by atoms with Gasteiger partial charge in [-0.15, -0.1) is 0 Å². The minimum absolute atomic E-state index is 0.313. The number of hydrogen-bond acceptors (Lipinski definition) is 2. The smallest absolute Gasteiger partial charge is 0.163 e. The van der Waals surface area contributed by atoms with Crippen molar-refractivity contribution < 1.29 is 4.79 Å². The number of carbonyl (C=O) groups excluding carboxylic acids is 1. The second-order valence-corrected chi connectivity index (χ2v) is 4.40. The van der Waals surface area contributed by atoms with Crippen molar-refractivity contribution in [2.24, 2.45) is 0 Å². The van der Waals surface area contributed by atoms with E-state index < -0.39 is 0 Å². The van der Waals surface area contributed by atoms with Gasteiger partial charge in [-0.25, -0.2) is 0 Å². The predicted molar refractivity (Wildman–Crippen MR) is 65.9 cm³/mol. The molecule has 2 heteroatoms. The molecule has 1 atom stereocenters. The summed E-state index contributed by atoms with van der Waals surface area (Å²) in [6, 6.07) is 8.05. The molecular weight excluding hydrogens is 198 g/mol. The molecule has 2 nitrogen and oxygen atoms in total. The molecule has 0 heterocycles. The average Bonchev–Trinajstić information content (AvgIpc) is 2.64. The van der Waals surface area contributed by atoms with Gasteiger partial charge in [-0.1, -0.05) is 38.1 Å². The van der Waals surface area contributed by atoms with Gasteiger partial charge in [-0.3, -0.25) is 4.79 Å². The Morgan fingerprint density at radius 2 is 1.94 bits per heavy atom. The van der Waals surface area contributed by atoms with Crippen molar-refractivity contribution in [1.29, 1.82) is 0 Å². The molecule has 1 aliphatic carbocycles. The van der Waals surface area contributed by atoms with E-state index in [9.17, 15) is 4.79 Å². The van der Waals surface area contributed by atoms with E-state index in [1.165, 1.54) is 5.56 Å². The monoisotopic (exact) mass is 217 g/mol. The molecule has 0 fully saturated rings. The van der Waals surface area contributed by atoms with E-state index in [-0.39, 0.29) is 0 Å². The van der Waals surface area contributed by atoms with E-state index in [0.29, 0.717) is 18.1 Å². The lowest BCUT2D eigenvalue weighted by Gasteiger charge is -2.22. The number of carbonyl (C=O) groups is 1. The lowest BCUT2D eigenvalue weighted by atomic mass is 10.0. The highest BCUT2D eigenvalue weighted by Gasteiger charge is 2.29. The number of ketones is 1. The van der Waals surface area contributed by atoms with Crippen LogP contribution in [0.5, 0.6) is 0 Å². The largest absolute Gasteiger partial charge is 0.303 e. The SMILES string of the molecule is CCN(CC)CC1CC(=O)c2ccccc21. The third kappa shape index (κ3) is 2.03. The van der Waals surface area contributed by atoms with Crippen LogP contribution in [0.2, 0.25) is 0 Å². The first-order chi connectivity index (χ1) is 7.76. The Balaban J connectivity index is 2.17. The molecule has 1 aromatic carbocycles. The van der Waals surface area contributed by atoms with Crippen LogP contribution in [0.25, 0.3) is 0 Å². The summed E-state index contributed by atoms with van der Waals surface area (Å²) < 4.78 is 0. The van der Waals surface area contributed by atoms with Gasteiger partial charge < -0.3 is 4.90 Å². The quantitative estimate of drug-likeness (QED) is 0.773. The fraction of sp³-hybridized carbons (Fsp3) is 0.500. The van der Waals surface area contributed by atoms with Crippen LogP contribution >= 0.6 is 0 Å². The molecule has 0 bridgehead atoms. The van der Waals surface area contributed by atoms with Crippen LogP contribution in [0.3, 0.4) is 0 Å². The number of hydrogen-bond donors (Lipinski definition) is 0. The normalized spacial score (nSPS) is 19.2. The Morgan fingerprint density at radius 1 is 1.25 bits per heavy atom. The summed E-state index contributed by atoms with van der Waals surface area (Å²) in [5.74, 6) is 0.719. The maximum atomic E-state index is 11.8. The van der Waals surface area contributed by atoms with Gasteiger partial charge in [0.05, 0.1) is 0 Å². The fourth-order valence-corrected chi connectivity index (χ4v) is 2.51. The highest BCUT2D eigenvalue weighted by atomic mass is 16.1. The summed E-state index contributed by atoms with van der Waals surface area (Å²) in [4.78, 5) is 14.2. The molecule has 1 unspecified atom stereocenters. The van der Waals surface area contributed by atoms with Crippen LogP contribution in [-0.4, -0.2) is 30.3 Å². The molecule has 0 saturated heterocycles. The molecular formula is C14H19NO. The van der Waals surface area contributed by atoms with Gasteiger partial charge >= 0.3 is 0 Å². The molecule has 0 spiro atoms. The van der Waals surface area contributed by atoms with Crippen molar-refractivity contribution in [3.63, 3.8) is 0 Å². The van der Waals surface area contributed by atoms with Gasteiger partial charge in [-0.2, -0.15) is 0 Å². The molecule has 0 aromatic heterocycles. The standard InChI is InChI=1S/C14H19NO/c1-3-15(4-2)10-11-9-14(16)13-8-6-5-7-12(11)13/h5-8,11H,3-4,9-10H2,1-2H3. The molecule has 0 radical (unpaired) electrons. The lowest BCUT2D eigenvalue weighted by molar-refractivity contribution is 0.0984. The van der Waals surface area contributed by atoms with Crippen LogP contribution in [-0.2, 0) is 0 Å². The molecule has 86 valence electrons.